The predicted octanol–water partition coefficient (Wildman–Crippen LogP) is 3.22. The Kier molecular flexibility index (Phi) is 3.96. The van der Waals surface area contributed by atoms with Gasteiger partial charge in [0, 0.05) is 38.9 Å². The van der Waals surface area contributed by atoms with Gasteiger partial charge >= 0.3 is 6.01 Å². The van der Waals surface area contributed by atoms with Crippen molar-refractivity contribution in [3.05, 3.63) is 34.9 Å². The molecule has 1 aliphatic heterocycles. The topological polar surface area (TPSA) is 51.4 Å². The maximum atomic E-state index is 13.2. The quantitative estimate of drug-likeness (QED) is 0.871. The predicted molar refractivity (Wildman–Crippen MR) is 76.3 cm³/mol. The van der Waals surface area contributed by atoms with E-state index in [1.807, 2.05) is 4.90 Å². The fourth-order valence-corrected chi connectivity index (χ4v) is 2.49. The van der Waals surface area contributed by atoms with Crippen molar-refractivity contribution in [3.8, 4) is 5.75 Å². The molecule has 0 amide bonds. The fourth-order valence-electron chi connectivity index (χ4n) is 2.33. The van der Waals surface area contributed by atoms with Crippen molar-refractivity contribution < 1.29 is 13.5 Å². The first-order valence-corrected chi connectivity index (χ1v) is 7.16. The summed E-state index contributed by atoms with van der Waals surface area (Å²) in [5.74, 6) is 0.590. The smallest absolute Gasteiger partial charge is 0.318 e. The van der Waals surface area contributed by atoms with Crippen molar-refractivity contribution in [1.29, 1.82) is 0 Å². The van der Waals surface area contributed by atoms with Crippen LogP contribution < -0.4 is 9.64 Å². The van der Waals surface area contributed by atoms with Gasteiger partial charge in [0.1, 0.15) is 17.7 Å². The number of nitrogens with zero attached hydrogens (tertiary/aromatic N) is 3. The molecule has 0 spiro atoms. The molecule has 1 aromatic heterocycles. The van der Waals surface area contributed by atoms with E-state index in [1.54, 1.807) is 6.92 Å². The maximum absolute atomic E-state index is 13.2. The highest BCUT2D eigenvalue weighted by Crippen LogP contribution is 2.28. The number of aromatic nitrogens is 2. The molecule has 0 N–H and O–H groups in total. The van der Waals surface area contributed by atoms with Crippen molar-refractivity contribution >= 4 is 17.6 Å². The normalized spacial score (nSPS) is 16.2. The zero-order chi connectivity index (χ0) is 14.8. The van der Waals surface area contributed by atoms with Crippen LogP contribution in [0.25, 0.3) is 0 Å². The molecule has 7 heteroatoms. The molecule has 1 aliphatic rings. The third-order valence-electron chi connectivity index (χ3n) is 3.41. The zero-order valence-corrected chi connectivity index (χ0v) is 12.3. The summed E-state index contributed by atoms with van der Waals surface area (Å²) in [6, 6.07) is 4.67. The van der Waals surface area contributed by atoms with Gasteiger partial charge < -0.3 is 14.1 Å². The number of anilines is 1. The van der Waals surface area contributed by atoms with Gasteiger partial charge in [0.05, 0.1) is 5.02 Å². The minimum Gasteiger partial charge on any atom is -0.489 e. The molecule has 21 heavy (non-hydrogen) atoms. The third kappa shape index (κ3) is 3.26. The Balaban J connectivity index is 1.60. The van der Waals surface area contributed by atoms with Gasteiger partial charge in [-0.1, -0.05) is 16.7 Å². The Morgan fingerprint density at radius 3 is 2.76 bits per heavy atom. The lowest BCUT2D eigenvalue weighted by atomic mass is 10.1. The Labute approximate surface area is 126 Å². The lowest BCUT2D eigenvalue weighted by Crippen LogP contribution is -2.38. The molecule has 1 fully saturated rings. The number of benzene rings is 1. The summed E-state index contributed by atoms with van der Waals surface area (Å²) >= 11 is 6.01. The number of rotatable bonds is 3. The molecule has 3 rings (SSSR count). The van der Waals surface area contributed by atoms with E-state index in [9.17, 15) is 4.39 Å². The second-order valence-electron chi connectivity index (χ2n) is 4.98. The number of piperidine rings is 1. The Bertz CT molecular complexity index is 626. The summed E-state index contributed by atoms with van der Waals surface area (Å²) in [6.45, 7) is 3.26. The van der Waals surface area contributed by atoms with Crippen molar-refractivity contribution in [2.45, 2.75) is 25.9 Å². The number of hydrogen-bond acceptors (Lipinski definition) is 5. The van der Waals surface area contributed by atoms with E-state index in [-0.39, 0.29) is 11.9 Å². The van der Waals surface area contributed by atoms with Gasteiger partial charge in [-0.15, -0.1) is 5.10 Å². The Hall–Kier alpha value is -1.82. The van der Waals surface area contributed by atoms with Crippen molar-refractivity contribution in [2.24, 2.45) is 0 Å². The number of hydrogen-bond donors (Lipinski definition) is 0. The van der Waals surface area contributed by atoms with E-state index in [4.69, 9.17) is 20.8 Å². The number of halogens is 2. The third-order valence-corrected chi connectivity index (χ3v) is 3.73. The monoisotopic (exact) mass is 311 g/mol. The lowest BCUT2D eigenvalue weighted by Gasteiger charge is -2.31. The van der Waals surface area contributed by atoms with E-state index in [0.717, 1.165) is 25.9 Å². The molecular weight excluding hydrogens is 297 g/mol. The van der Waals surface area contributed by atoms with E-state index in [1.165, 1.54) is 18.2 Å². The molecule has 0 saturated carbocycles. The van der Waals surface area contributed by atoms with E-state index in [0.29, 0.717) is 22.7 Å². The van der Waals surface area contributed by atoms with Crippen LogP contribution in [-0.2, 0) is 0 Å². The Morgan fingerprint density at radius 1 is 1.33 bits per heavy atom. The molecule has 5 nitrogen and oxygen atoms in total. The highest BCUT2D eigenvalue weighted by molar-refractivity contribution is 6.32. The highest BCUT2D eigenvalue weighted by atomic mass is 35.5. The average molecular weight is 312 g/mol. The van der Waals surface area contributed by atoms with Crippen LogP contribution in [-0.4, -0.2) is 29.4 Å². The van der Waals surface area contributed by atoms with Crippen molar-refractivity contribution in [2.75, 3.05) is 18.0 Å². The second kappa shape index (κ2) is 5.89. The summed E-state index contributed by atoms with van der Waals surface area (Å²) < 4.78 is 24.4. The SMILES string of the molecule is Cc1nnc(N2CCC(Oc3cc(F)ccc3Cl)CC2)o1. The molecule has 0 radical (unpaired) electrons. The fraction of sp³-hybridized carbons (Fsp3) is 0.429. The molecule has 0 bridgehead atoms. The van der Waals surface area contributed by atoms with Crippen LogP contribution in [0.5, 0.6) is 5.75 Å². The van der Waals surface area contributed by atoms with Gasteiger partial charge in [-0.2, -0.15) is 0 Å². The minimum atomic E-state index is -0.354. The zero-order valence-electron chi connectivity index (χ0n) is 11.6. The summed E-state index contributed by atoms with van der Waals surface area (Å²) in [5, 5.41) is 8.25. The van der Waals surface area contributed by atoms with Crippen LogP contribution >= 0.6 is 11.6 Å². The van der Waals surface area contributed by atoms with Crippen LogP contribution in [0.2, 0.25) is 5.02 Å². The van der Waals surface area contributed by atoms with Crippen LogP contribution in [0.3, 0.4) is 0 Å². The summed E-state index contributed by atoms with van der Waals surface area (Å²) in [6.07, 6.45) is 1.58. The van der Waals surface area contributed by atoms with Crippen LogP contribution in [0.15, 0.2) is 22.6 Å². The Morgan fingerprint density at radius 2 is 2.10 bits per heavy atom. The molecule has 0 unspecified atom stereocenters. The minimum absolute atomic E-state index is 0.00423. The second-order valence-corrected chi connectivity index (χ2v) is 5.39. The molecule has 0 aliphatic carbocycles. The first-order chi connectivity index (χ1) is 10.1. The summed E-state index contributed by atoms with van der Waals surface area (Å²) in [5.41, 5.74) is 0. The van der Waals surface area contributed by atoms with Gasteiger partial charge in [0.2, 0.25) is 5.89 Å². The van der Waals surface area contributed by atoms with Crippen LogP contribution in [0, 0.1) is 12.7 Å². The molecule has 1 saturated heterocycles. The lowest BCUT2D eigenvalue weighted by molar-refractivity contribution is 0.168. The molecule has 2 aromatic rings. The van der Waals surface area contributed by atoms with Gasteiger partial charge in [0.25, 0.3) is 0 Å². The first-order valence-electron chi connectivity index (χ1n) is 6.78. The van der Waals surface area contributed by atoms with Gasteiger partial charge in [-0.25, -0.2) is 4.39 Å². The van der Waals surface area contributed by atoms with Crippen LogP contribution in [0.1, 0.15) is 18.7 Å². The first kappa shape index (κ1) is 14.1. The highest BCUT2D eigenvalue weighted by Gasteiger charge is 2.24. The van der Waals surface area contributed by atoms with Crippen LogP contribution in [0.4, 0.5) is 10.4 Å². The molecule has 2 heterocycles. The maximum Gasteiger partial charge on any atom is 0.318 e. The largest absolute Gasteiger partial charge is 0.489 e. The van der Waals surface area contributed by atoms with E-state index >= 15 is 0 Å². The molecule has 1 aromatic carbocycles. The number of aryl methyl sites for hydroxylation is 1. The standard InChI is InChI=1S/C14H15ClFN3O2/c1-9-17-18-14(20-9)19-6-4-11(5-7-19)21-13-8-10(16)2-3-12(13)15/h2-3,8,11H,4-7H2,1H3. The van der Waals surface area contributed by atoms with E-state index in [2.05, 4.69) is 10.2 Å². The summed E-state index contributed by atoms with van der Waals surface area (Å²) in [7, 11) is 0. The molecule has 112 valence electrons. The summed E-state index contributed by atoms with van der Waals surface area (Å²) in [4.78, 5) is 2.02. The average Bonchev–Trinajstić information content (AvgIpc) is 2.90. The van der Waals surface area contributed by atoms with E-state index < -0.39 is 0 Å². The van der Waals surface area contributed by atoms with Crippen molar-refractivity contribution in [1.82, 2.24) is 10.2 Å². The van der Waals surface area contributed by atoms with Crippen molar-refractivity contribution in [3.63, 3.8) is 0 Å². The van der Waals surface area contributed by atoms with Gasteiger partial charge in [-0.3, -0.25) is 0 Å². The van der Waals surface area contributed by atoms with Gasteiger partial charge in [-0.05, 0) is 12.1 Å². The number of ether oxygens (including phenoxy) is 1. The molecule has 0 atom stereocenters. The molecular formula is C14H15ClFN3O2. The van der Waals surface area contributed by atoms with Gasteiger partial charge in [0.15, 0.2) is 0 Å².